The minimum absolute atomic E-state index is 0.124. The van der Waals surface area contributed by atoms with Gasteiger partial charge in [0.25, 0.3) is 0 Å². The van der Waals surface area contributed by atoms with Gasteiger partial charge in [-0.1, -0.05) is 43.3 Å². The highest BCUT2D eigenvalue weighted by Gasteiger charge is 2.09. The quantitative estimate of drug-likeness (QED) is 0.367. The molecular formula is C18H21N3O3. The van der Waals surface area contributed by atoms with Gasteiger partial charge in [0.2, 0.25) is 0 Å². The van der Waals surface area contributed by atoms with E-state index in [2.05, 4.69) is 24.0 Å². The molecule has 24 heavy (non-hydrogen) atoms. The molecule has 6 nitrogen and oxygen atoms in total. The molecule has 6 heteroatoms. The topological polar surface area (TPSA) is 97.8 Å². The number of aliphatic hydroxyl groups excluding tert-OH is 1. The molecule has 0 radical (unpaired) electrons. The molecule has 0 aliphatic rings. The Morgan fingerprint density at radius 3 is 2.42 bits per heavy atom. The number of hydrogen-bond donors (Lipinski definition) is 2. The first-order valence-corrected chi connectivity index (χ1v) is 7.69. The number of aliphatic hydroxyl groups is 1. The number of hydrogen-bond acceptors (Lipinski definition) is 5. The van der Waals surface area contributed by atoms with Gasteiger partial charge in [-0.2, -0.15) is 0 Å². The molecule has 0 fully saturated rings. The van der Waals surface area contributed by atoms with Gasteiger partial charge in [0.15, 0.2) is 5.84 Å². The van der Waals surface area contributed by atoms with E-state index in [1.54, 1.807) is 0 Å². The molecule has 0 saturated carbocycles. The molecular weight excluding hydrogens is 306 g/mol. The second-order valence-corrected chi connectivity index (χ2v) is 5.85. The number of nitrogens with zero attached hydrogens (tertiary/aromatic N) is 2. The molecule has 1 aromatic heterocycles. The fourth-order valence-corrected chi connectivity index (χ4v) is 2.12. The SMILES string of the molecule is CC(C)Cc1ccc(/C(N)=N/OC(=O)c2ccc(CO)nc2)cc1. The van der Waals surface area contributed by atoms with Crippen LogP contribution in [0.4, 0.5) is 0 Å². The summed E-state index contributed by atoms with van der Waals surface area (Å²) in [5, 5.41) is 12.6. The Morgan fingerprint density at radius 2 is 1.88 bits per heavy atom. The van der Waals surface area contributed by atoms with Crippen LogP contribution in [-0.2, 0) is 17.9 Å². The summed E-state index contributed by atoms with van der Waals surface area (Å²) in [5.74, 6) is 0.0411. The fourth-order valence-electron chi connectivity index (χ4n) is 2.12. The smallest absolute Gasteiger partial charge is 0.367 e. The van der Waals surface area contributed by atoms with Crippen molar-refractivity contribution < 1.29 is 14.7 Å². The van der Waals surface area contributed by atoms with E-state index in [0.717, 1.165) is 6.42 Å². The Kier molecular flexibility index (Phi) is 6.03. The lowest BCUT2D eigenvalue weighted by Crippen LogP contribution is -2.15. The molecule has 2 aromatic rings. The van der Waals surface area contributed by atoms with Gasteiger partial charge in [0.05, 0.1) is 17.9 Å². The largest absolute Gasteiger partial charge is 0.390 e. The normalized spacial score (nSPS) is 11.6. The zero-order valence-corrected chi connectivity index (χ0v) is 13.8. The molecule has 0 bridgehead atoms. The maximum absolute atomic E-state index is 11.9. The standard InChI is InChI=1S/C18H21N3O3/c1-12(2)9-13-3-5-14(6-4-13)17(19)21-24-18(23)15-7-8-16(11-22)20-10-15/h3-8,10,12,22H,9,11H2,1-2H3,(H2,19,21). The van der Waals surface area contributed by atoms with Crippen molar-refractivity contribution in [3.63, 3.8) is 0 Å². The maximum atomic E-state index is 11.9. The van der Waals surface area contributed by atoms with Gasteiger partial charge < -0.3 is 15.7 Å². The first-order valence-electron chi connectivity index (χ1n) is 7.69. The number of amidine groups is 1. The minimum Gasteiger partial charge on any atom is -0.390 e. The number of carbonyl (C=O) groups is 1. The number of nitrogens with two attached hydrogens (primary N) is 1. The zero-order chi connectivity index (χ0) is 17.5. The highest BCUT2D eigenvalue weighted by atomic mass is 16.7. The third-order valence-corrected chi connectivity index (χ3v) is 3.34. The van der Waals surface area contributed by atoms with Crippen LogP contribution >= 0.6 is 0 Å². The van der Waals surface area contributed by atoms with Crippen LogP contribution in [0.2, 0.25) is 0 Å². The number of benzene rings is 1. The van der Waals surface area contributed by atoms with Crippen LogP contribution in [0, 0.1) is 5.92 Å². The van der Waals surface area contributed by atoms with Crippen LogP contribution < -0.4 is 5.73 Å². The number of oxime groups is 1. The fraction of sp³-hybridized carbons (Fsp3) is 0.278. The van der Waals surface area contributed by atoms with E-state index in [-0.39, 0.29) is 18.0 Å². The Labute approximate surface area is 141 Å². The van der Waals surface area contributed by atoms with Gasteiger partial charge in [0.1, 0.15) is 0 Å². The predicted octanol–water partition coefficient (Wildman–Crippen LogP) is 2.25. The molecule has 1 heterocycles. The van der Waals surface area contributed by atoms with Crippen LogP contribution in [0.15, 0.2) is 47.8 Å². The van der Waals surface area contributed by atoms with Gasteiger partial charge in [-0.25, -0.2) is 4.79 Å². The molecule has 1 aromatic carbocycles. The lowest BCUT2D eigenvalue weighted by molar-refractivity contribution is 0.0515. The van der Waals surface area contributed by atoms with Gasteiger partial charge in [-0.05, 0) is 30.0 Å². The van der Waals surface area contributed by atoms with E-state index >= 15 is 0 Å². The summed E-state index contributed by atoms with van der Waals surface area (Å²) in [5.41, 5.74) is 8.44. The van der Waals surface area contributed by atoms with Crippen LogP contribution in [0.25, 0.3) is 0 Å². The Balaban J connectivity index is 2.00. The number of aromatic nitrogens is 1. The predicted molar refractivity (Wildman–Crippen MR) is 91.3 cm³/mol. The second kappa shape index (κ2) is 8.21. The molecule has 0 unspecified atom stereocenters. The van der Waals surface area contributed by atoms with Crippen molar-refractivity contribution in [3.8, 4) is 0 Å². The maximum Gasteiger partial charge on any atom is 0.367 e. The van der Waals surface area contributed by atoms with E-state index in [4.69, 9.17) is 15.7 Å². The highest BCUT2D eigenvalue weighted by Crippen LogP contribution is 2.10. The number of rotatable bonds is 6. The molecule has 3 N–H and O–H groups in total. The summed E-state index contributed by atoms with van der Waals surface area (Å²) in [6, 6.07) is 10.7. The third kappa shape index (κ3) is 4.89. The van der Waals surface area contributed by atoms with E-state index < -0.39 is 5.97 Å². The lowest BCUT2D eigenvalue weighted by atomic mass is 10.0. The molecule has 0 aliphatic carbocycles. The van der Waals surface area contributed by atoms with Crippen molar-refractivity contribution >= 4 is 11.8 Å². The lowest BCUT2D eigenvalue weighted by Gasteiger charge is -2.06. The second-order valence-electron chi connectivity index (χ2n) is 5.85. The van der Waals surface area contributed by atoms with Gasteiger partial charge in [-0.3, -0.25) is 4.98 Å². The third-order valence-electron chi connectivity index (χ3n) is 3.34. The van der Waals surface area contributed by atoms with Crippen LogP contribution in [-0.4, -0.2) is 21.9 Å². The molecule has 0 atom stereocenters. The van der Waals surface area contributed by atoms with Crippen LogP contribution in [0.5, 0.6) is 0 Å². The van der Waals surface area contributed by atoms with Crippen molar-refractivity contribution in [1.29, 1.82) is 0 Å². The average molecular weight is 327 g/mol. The summed E-state index contributed by atoms with van der Waals surface area (Å²) >= 11 is 0. The Morgan fingerprint density at radius 1 is 1.21 bits per heavy atom. The van der Waals surface area contributed by atoms with E-state index in [1.165, 1.54) is 23.9 Å². The first-order chi connectivity index (χ1) is 11.5. The monoisotopic (exact) mass is 327 g/mol. The summed E-state index contributed by atoms with van der Waals surface area (Å²) in [7, 11) is 0. The first kappa shape index (κ1) is 17.6. The van der Waals surface area contributed by atoms with Crippen molar-refractivity contribution in [2.75, 3.05) is 0 Å². The summed E-state index contributed by atoms with van der Waals surface area (Å²) in [6.45, 7) is 4.13. The van der Waals surface area contributed by atoms with Gasteiger partial charge in [0, 0.05) is 11.8 Å². The summed E-state index contributed by atoms with van der Waals surface area (Å²) in [4.78, 5) is 20.6. The molecule has 0 saturated heterocycles. The van der Waals surface area contributed by atoms with Crippen molar-refractivity contribution in [2.24, 2.45) is 16.8 Å². The average Bonchev–Trinajstić information content (AvgIpc) is 2.59. The minimum atomic E-state index is -0.661. The van der Waals surface area contributed by atoms with Crippen LogP contribution in [0.1, 0.15) is 41.0 Å². The van der Waals surface area contributed by atoms with Gasteiger partial charge >= 0.3 is 5.97 Å². The Hall–Kier alpha value is -2.73. The highest BCUT2D eigenvalue weighted by molar-refractivity contribution is 5.98. The van der Waals surface area contributed by atoms with Crippen molar-refractivity contribution in [1.82, 2.24) is 4.98 Å². The number of pyridine rings is 1. The van der Waals surface area contributed by atoms with E-state index in [9.17, 15) is 4.79 Å². The summed E-state index contributed by atoms with van der Waals surface area (Å²) in [6.07, 6.45) is 2.31. The molecule has 126 valence electrons. The van der Waals surface area contributed by atoms with Crippen molar-refractivity contribution in [3.05, 3.63) is 65.0 Å². The Bertz CT molecular complexity index is 707. The van der Waals surface area contributed by atoms with E-state index in [1.807, 2.05) is 24.3 Å². The zero-order valence-electron chi connectivity index (χ0n) is 13.8. The van der Waals surface area contributed by atoms with E-state index in [0.29, 0.717) is 17.2 Å². The van der Waals surface area contributed by atoms with Crippen LogP contribution in [0.3, 0.4) is 0 Å². The van der Waals surface area contributed by atoms with Crippen molar-refractivity contribution in [2.45, 2.75) is 26.9 Å². The molecule has 0 aliphatic heterocycles. The summed E-state index contributed by atoms with van der Waals surface area (Å²) < 4.78 is 0. The number of carbonyl (C=O) groups excluding carboxylic acids is 1. The molecule has 2 rings (SSSR count). The molecule has 0 spiro atoms. The van der Waals surface area contributed by atoms with Gasteiger partial charge in [-0.15, -0.1) is 0 Å². The molecule has 0 amide bonds.